The predicted molar refractivity (Wildman–Crippen MR) is 105 cm³/mol. The van der Waals surface area contributed by atoms with Gasteiger partial charge in [0.25, 0.3) is 5.82 Å². The van der Waals surface area contributed by atoms with E-state index in [1.54, 1.807) is 7.11 Å². The van der Waals surface area contributed by atoms with E-state index in [9.17, 15) is 0 Å². The number of rotatable bonds is 4. The summed E-state index contributed by atoms with van der Waals surface area (Å²) in [6.45, 7) is 1.07. The molecule has 1 aliphatic heterocycles. The van der Waals surface area contributed by atoms with E-state index >= 15 is 0 Å². The van der Waals surface area contributed by atoms with Crippen LogP contribution < -0.4 is 14.6 Å². The number of nitrogens with one attached hydrogen (secondary N) is 1. The summed E-state index contributed by atoms with van der Waals surface area (Å²) in [7, 11) is 3.69. The highest BCUT2D eigenvalue weighted by molar-refractivity contribution is 5.62. The molecular weight excluding hydrogens is 322 g/mol. The maximum absolute atomic E-state index is 5.63. The van der Waals surface area contributed by atoms with Crippen molar-refractivity contribution in [2.24, 2.45) is 0 Å². The zero-order valence-corrected chi connectivity index (χ0v) is 15.5. The molecule has 0 unspecified atom stereocenters. The van der Waals surface area contributed by atoms with Crippen molar-refractivity contribution < 1.29 is 9.30 Å². The summed E-state index contributed by atoms with van der Waals surface area (Å²) in [5.41, 5.74) is 4.77. The van der Waals surface area contributed by atoms with E-state index in [0.29, 0.717) is 0 Å². The summed E-state index contributed by atoms with van der Waals surface area (Å²) in [6.07, 6.45) is 7.11. The Morgan fingerprint density at radius 2 is 1.81 bits per heavy atom. The quantitative estimate of drug-likeness (QED) is 0.716. The third kappa shape index (κ3) is 2.96. The van der Waals surface area contributed by atoms with Crippen LogP contribution in [0.3, 0.4) is 0 Å². The monoisotopic (exact) mass is 348 g/mol. The highest BCUT2D eigenvalue weighted by Crippen LogP contribution is 2.27. The van der Waals surface area contributed by atoms with Crippen molar-refractivity contribution in [1.29, 1.82) is 0 Å². The van der Waals surface area contributed by atoms with Gasteiger partial charge in [0, 0.05) is 24.7 Å². The number of aromatic nitrogens is 2. The van der Waals surface area contributed by atoms with Gasteiger partial charge in [-0.1, -0.05) is 12.1 Å². The fourth-order valence-electron chi connectivity index (χ4n) is 3.85. The maximum atomic E-state index is 5.63. The second-order valence-electron chi connectivity index (χ2n) is 6.76. The summed E-state index contributed by atoms with van der Waals surface area (Å²) in [6, 6.07) is 16.9. The van der Waals surface area contributed by atoms with Gasteiger partial charge in [-0.05, 0) is 55.7 Å². The molecule has 0 atom stereocenters. The fourth-order valence-corrected chi connectivity index (χ4v) is 3.85. The van der Waals surface area contributed by atoms with Gasteiger partial charge in [-0.15, -0.1) is 0 Å². The van der Waals surface area contributed by atoms with E-state index in [2.05, 4.69) is 57.0 Å². The number of methoxy groups -OCH3 is 1. The molecule has 1 N–H and O–H groups in total. The van der Waals surface area contributed by atoms with E-state index in [-0.39, 0.29) is 0 Å². The van der Waals surface area contributed by atoms with Gasteiger partial charge in [0.2, 0.25) is 0 Å². The highest BCUT2D eigenvalue weighted by Gasteiger charge is 2.28. The predicted octanol–water partition coefficient (Wildman–Crippen LogP) is 4.21. The first-order valence-corrected chi connectivity index (χ1v) is 9.37. The van der Waals surface area contributed by atoms with Crippen molar-refractivity contribution >= 4 is 5.69 Å². The lowest BCUT2D eigenvalue weighted by Gasteiger charge is -2.06. The summed E-state index contributed by atoms with van der Waals surface area (Å²) in [5.74, 6) is 2.27. The molecule has 3 aromatic rings. The van der Waals surface area contributed by atoms with Crippen molar-refractivity contribution in [2.45, 2.75) is 32.2 Å². The van der Waals surface area contributed by atoms with Crippen molar-refractivity contribution in [3.63, 3.8) is 0 Å². The first-order chi connectivity index (χ1) is 12.8. The molecule has 0 saturated heterocycles. The Labute approximate surface area is 155 Å². The number of fused-ring (bicyclic) bond motifs is 1. The first kappa shape index (κ1) is 16.7. The Morgan fingerprint density at radius 1 is 1.00 bits per heavy atom. The zero-order valence-electron chi connectivity index (χ0n) is 15.5. The van der Waals surface area contributed by atoms with Gasteiger partial charge in [0.1, 0.15) is 6.20 Å². The number of para-hydroxylation sites is 2. The van der Waals surface area contributed by atoms with E-state index in [1.165, 1.54) is 36.3 Å². The van der Waals surface area contributed by atoms with E-state index < -0.39 is 0 Å². The SMILES string of the molecule is CNc1ccc(-c2c[n+](-c3ccccc3OC)c3n2CCCCC3)cc1. The van der Waals surface area contributed by atoms with Gasteiger partial charge >= 0.3 is 0 Å². The third-order valence-electron chi connectivity index (χ3n) is 5.23. The van der Waals surface area contributed by atoms with Crippen molar-refractivity contribution in [3.8, 4) is 22.7 Å². The molecule has 4 heteroatoms. The molecule has 1 aliphatic rings. The zero-order chi connectivity index (χ0) is 17.9. The summed E-state index contributed by atoms with van der Waals surface area (Å²) in [4.78, 5) is 0. The number of benzene rings is 2. The highest BCUT2D eigenvalue weighted by atomic mass is 16.5. The minimum absolute atomic E-state index is 0.909. The molecule has 2 aromatic carbocycles. The average molecular weight is 348 g/mol. The molecule has 0 amide bonds. The number of hydrogen-bond donors (Lipinski definition) is 1. The Morgan fingerprint density at radius 3 is 2.58 bits per heavy atom. The van der Waals surface area contributed by atoms with Gasteiger partial charge < -0.3 is 10.1 Å². The van der Waals surface area contributed by atoms with Crippen LogP contribution in [0.25, 0.3) is 16.9 Å². The number of hydrogen-bond acceptors (Lipinski definition) is 2. The average Bonchev–Trinajstić information content (AvgIpc) is 2.88. The van der Waals surface area contributed by atoms with Gasteiger partial charge in [0.15, 0.2) is 17.1 Å². The topological polar surface area (TPSA) is 30.1 Å². The summed E-state index contributed by atoms with van der Waals surface area (Å²) in [5, 5.41) is 3.20. The van der Waals surface area contributed by atoms with E-state index in [0.717, 1.165) is 30.1 Å². The Bertz CT molecular complexity index is 896. The van der Waals surface area contributed by atoms with Crippen LogP contribution in [0.5, 0.6) is 5.75 Å². The van der Waals surface area contributed by atoms with Crippen LogP contribution in [0.2, 0.25) is 0 Å². The van der Waals surface area contributed by atoms with Crippen LogP contribution in [0.1, 0.15) is 25.1 Å². The number of nitrogens with zero attached hydrogens (tertiary/aromatic N) is 2. The normalized spacial score (nSPS) is 13.8. The largest absolute Gasteiger partial charge is 0.492 e. The second-order valence-corrected chi connectivity index (χ2v) is 6.76. The number of imidazole rings is 1. The van der Waals surface area contributed by atoms with Crippen molar-refractivity contribution in [1.82, 2.24) is 4.57 Å². The van der Waals surface area contributed by atoms with Gasteiger partial charge in [0.05, 0.1) is 13.7 Å². The molecule has 1 aromatic heterocycles. The lowest BCUT2D eigenvalue weighted by atomic mass is 10.1. The molecule has 2 heterocycles. The summed E-state index contributed by atoms with van der Waals surface area (Å²) >= 11 is 0. The second kappa shape index (κ2) is 7.24. The molecule has 26 heavy (non-hydrogen) atoms. The molecule has 4 rings (SSSR count). The lowest BCUT2D eigenvalue weighted by Crippen LogP contribution is -2.34. The standard InChI is InChI=1S/C22H26N3O/c1-23-18-13-11-17(12-14-18)20-16-25(19-8-5-6-9-21(19)26-2)22-10-4-3-7-15-24(20)22/h5-6,8-9,11-14,16,23H,3-4,7,10,15H2,1-2H3/q+1. The summed E-state index contributed by atoms with van der Waals surface area (Å²) < 4.78 is 10.4. The van der Waals surface area contributed by atoms with Crippen LogP contribution in [0, 0.1) is 0 Å². The number of anilines is 1. The van der Waals surface area contributed by atoms with Crippen molar-refractivity contribution in [3.05, 3.63) is 60.6 Å². The Kier molecular flexibility index (Phi) is 4.65. The van der Waals surface area contributed by atoms with Gasteiger partial charge in [-0.25, -0.2) is 4.57 Å². The Hall–Kier alpha value is -2.75. The molecule has 0 radical (unpaired) electrons. The van der Waals surface area contributed by atoms with Crippen LogP contribution >= 0.6 is 0 Å². The van der Waals surface area contributed by atoms with Crippen LogP contribution in [-0.2, 0) is 13.0 Å². The van der Waals surface area contributed by atoms with Gasteiger partial charge in [-0.3, -0.25) is 0 Å². The van der Waals surface area contributed by atoms with E-state index in [1.807, 2.05) is 19.2 Å². The Balaban J connectivity index is 1.88. The van der Waals surface area contributed by atoms with Gasteiger partial charge in [-0.2, -0.15) is 4.57 Å². The fraction of sp³-hybridized carbons (Fsp3) is 0.318. The minimum Gasteiger partial charge on any atom is -0.492 e. The first-order valence-electron chi connectivity index (χ1n) is 9.37. The molecule has 0 bridgehead atoms. The molecule has 0 fully saturated rings. The van der Waals surface area contributed by atoms with Crippen LogP contribution in [0.4, 0.5) is 5.69 Å². The minimum atomic E-state index is 0.909. The molecule has 0 spiro atoms. The van der Waals surface area contributed by atoms with E-state index in [4.69, 9.17) is 4.74 Å². The number of ether oxygens (including phenoxy) is 1. The third-order valence-corrected chi connectivity index (χ3v) is 5.23. The van der Waals surface area contributed by atoms with Crippen molar-refractivity contribution in [2.75, 3.05) is 19.5 Å². The van der Waals surface area contributed by atoms with Crippen LogP contribution in [-0.4, -0.2) is 18.7 Å². The molecule has 4 nitrogen and oxygen atoms in total. The lowest BCUT2D eigenvalue weighted by molar-refractivity contribution is -0.604. The smallest absolute Gasteiger partial charge is 0.262 e. The van der Waals surface area contributed by atoms with Crippen LogP contribution in [0.15, 0.2) is 54.7 Å². The molecule has 134 valence electrons. The molecule has 0 saturated carbocycles. The molecular formula is C22H26N3O+. The maximum Gasteiger partial charge on any atom is 0.262 e. The molecule has 0 aliphatic carbocycles.